The molecule has 4 nitrogen and oxygen atoms in total. The summed E-state index contributed by atoms with van der Waals surface area (Å²) in [7, 11) is 0. The van der Waals surface area contributed by atoms with Gasteiger partial charge in [-0.3, -0.25) is 4.79 Å². The first-order valence-corrected chi connectivity index (χ1v) is 6.46. The van der Waals surface area contributed by atoms with Gasteiger partial charge in [0.05, 0.1) is 0 Å². The lowest BCUT2D eigenvalue weighted by atomic mass is 10.1. The number of hydrogen-bond acceptors (Lipinski definition) is 3. The van der Waals surface area contributed by atoms with E-state index in [-0.39, 0.29) is 5.91 Å². The molecule has 1 aliphatic heterocycles. The predicted octanol–water partition coefficient (Wildman–Crippen LogP) is 0.675. The maximum Gasteiger partial charge on any atom is 0.251 e. The van der Waals surface area contributed by atoms with E-state index in [9.17, 15) is 9.90 Å². The molecule has 1 amide bonds. The zero-order chi connectivity index (χ0) is 13.0. The number of rotatable bonds is 3. The molecule has 1 fully saturated rings. The summed E-state index contributed by atoms with van der Waals surface area (Å²) >= 11 is 5.87. The Morgan fingerprint density at radius 2 is 2.17 bits per heavy atom. The van der Waals surface area contributed by atoms with Crippen LogP contribution in [0.2, 0.25) is 5.02 Å². The van der Waals surface area contributed by atoms with Gasteiger partial charge in [-0.1, -0.05) is 23.7 Å². The smallest absolute Gasteiger partial charge is 0.251 e. The molecule has 0 bridgehead atoms. The van der Waals surface area contributed by atoms with Crippen molar-refractivity contribution in [3.8, 4) is 0 Å². The van der Waals surface area contributed by atoms with Gasteiger partial charge in [-0.15, -0.1) is 0 Å². The number of hydrogen-bond donors (Lipinski definition) is 2. The van der Waals surface area contributed by atoms with Crippen molar-refractivity contribution in [2.24, 2.45) is 0 Å². The Kier molecular flexibility index (Phi) is 4.58. The van der Waals surface area contributed by atoms with E-state index in [1.165, 1.54) is 0 Å². The van der Waals surface area contributed by atoms with Crippen LogP contribution >= 0.6 is 11.6 Å². The number of halogens is 1. The van der Waals surface area contributed by atoms with Crippen molar-refractivity contribution in [2.45, 2.75) is 12.5 Å². The number of carbonyl (C=O) groups excluding carboxylic acids is 1. The summed E-state index contributed by atoms with van der Waals surface area (Å²) in [5.41, 5.74) is 0.874. The Labute approximate surface area is 112 Å². The maximum atomic E-state index is 12.0. The zero-order valence-corrected chi connectivity index (χ0v) is 10.9. The molecule has 2 N–H and O–H groups in total. The van der Waals surface area contributed by atoms with Gasteiger partial charge in [0.2, 0.25) is 0 Å². The molecule has 0 saturated carbocycles. The van der Waals surface area contributed by atoms with Crippen LogP contribution in [0.4, 0.5) is 0 Å². The largest absolute Gasteiger partial charge is 0.383 e. The van der Waals surface area contributed by atoms with Gasteiger partial charge in [0.25, 0.3) is 5.91 Å². The number of piperazine rings is 1. The van der Waals surface area contributed by atoms with Gasteiger partial charge >= 0.3 is 0 Å². The van der Waals surface area contributed by atoms with E-state index >= 15 is 0 Å². The van der Waals surface area contributed by atoms with Crippen LogP contribution in [0, 0.1) is 0 Å². The van der Waals surface area contributed by atoms with Crippen LogP contribution in [0.25, 0.3) is 0 Å². The minimum absolute atomic E-state index is 0.198. The van der Waals surface area contributed by atoms with Crippen molar-refractivity contribution >= 4 is 17.5 Å². The van der Waals surface area contributed by atoms with Crippen LogP contribution in [-0.2, 0) is 11.2 Å². The first kappa shape index (κ1) is 13.3. The van der Waals surface area contributed by atoms with Gasteiger partial charge < -0.3 is 15.3 Å². The number of nitrogens with zero attached hydrogens (tertiary/aromatic N) is 1. The number of aliphatic hydroxyl groups is 1. The SMILES string of the molecule is O=C(C(O)Cc1cccc(Cl)c1)N1CCNCC1. The lowest BCUT2D eigenvalue weighted by molar-refractivity contribution is -0.140. The molecule has 1 unspecified atom stereocenters. The number of nitrogens with one attached hydrogen (secondary N) is 1. The van der Waals surface area contributed by atoms with Crippen molar-refractivity contribution < 1.29 is 9.90 Å². The molecule has 1 aromatic carbocycles. The second-order valence-electron chi connectivity index (χ2n) is 4.43. The Morgan fingerprint density at radius 3 is 2.83 bits per heavy atom. The van der Waals surface area contributed by atoms with Crippen molar-refractivity contribution in [1.29, 1.82) is 0 Å². The number of amides is 1. The molecule has 18 heavy (non-hydrogen) atoms. The second kappa shape index (κ2) is 6.18. The lowest BCUT2D eigenvalue weighted by Gasteiger charge is -2.29. The van der Waals surface area contributed by atoms with Gasteiger partial charge in [0, 0.05) is 37.6 Å². The Bertz CT molecular complexity index is 419. The molecule has 5 heteroatoms. The van der Waals surface area contributed by atoms with Crippen LogP contribution in [0.1, 0.15) is 5.56 Å². The highest BCUT2D eigenvalue weighted by molar-refractivity contribution is 6.30. The molecule has 1 atom stereocenters. The van der Waals surface area contributed by atoms with Crippen molar-refractivity contribution in [1.82, 2.24) is 10.2 Å². The van der Waals surface area contributed by atoms with E-state index in [1.807, 2.05) is 12.1 Å². The van der Waals surface area contributed by atoms with E-state index < -0.39 is 6.10 Å². The standard InChI is InChI=1S/C13H17ClN2O2/c14-11-3-1-2-10(8-11)9-12(17)13(18)16-6-4-15-5-7-16/h1-3,8,12,15,17H,4-7,9H2. The molecule has 0 spiro atoms. The molecule has 1 aliphatic rings. The third-order valence-electron chi connectivity index (χ3n) is 3.03. The summed E-state index contributed by atoms with van der Waals surface area (Å²) in [4.78, 5) is 13.7. The highest BCUT2D eigenvalue weighted by Gasteiger charge is 2.23. The fourth-order valence-corrected chi connectivity index (χ4v) is 2.28. The molecule has 1 aromatic rings. The summed E-state index contributed by atoms with van der Waals surface area (Å²) in [6.45, 7) is 2.89. The molecule has 98 valence electrons. The first-order chi connectivity index (χ1) is 8.66. The topological polar surface area (TPSA) is 52.6 Å². The summed E-state index contributed by atoms with van der Waals surface area (Å²) in [5.74, 6) is -0.198. The van der Waals surface area contributed by atoms with Gasteiger partial charge in [0.1, 0.15) is 6.10 Å². The van der Waals surface area contributed by atoms with Crippen LogP contribution in [-0.4, -0.2) is 48.2 Å². The highest BCUT2D eigenvalue weighted by Crippen LogP contribution is 2.13. The maximum absolute atomic E-state index is 12.0. The Morgan fingerprint density at radius 1 is 1.44 bits per heavy atom. The minimum atomic E-state index is -0.985. The Balaban J connectivity index is 1.94. The minimum Gasteiger partial charge on any atom is -0.383 e. The summed E-state index contributed by atoms with van der Waals surface area (Å²) in [5, 5.41) is 13.8. The molecule has 1 saturated heterocycles. The van der Waals surface area contributed by atoms with Crippen molar-refractivity contribution in [3.05, 3.63) is 34.9 Å². The quantitative estimate of drug-likeness (QED) is 0.848. The highest BCUT2D eigenvalue weighted by atomic mass is 35.5. The summed E-state index contributed by atoms with van der Waals surface area (Å²) < 4.78 is 0. The zero-order valence-electron chi connectivity index (χ0n) is 10.1. The van der Waals surface area contributed by atoms with Crippen LogP contribution in [0.5, 0.6) is 0 Å². The van der Waals surface area contributed by atoms with E-state index in [0.29, 0.717) is 24.5 Å². The van der Waals surface area contributed by atoms with Crippen molar-refractivity contribution in [3.63, 3.8) is 0 Å². The van der Waals surface area contributed by atoms with Crippen LogP contribution in [0.15, 0.2) is 24.3 Å². The van der Waals surface area contributed by atoms with Gasteiger partial charge in [-0.2, -0.15) is 0 Å². The summed E-state index contributed by atoms with van der Waals surface area (Å²) in [6, 6.07) is 7.23. The molecule has 2 rings (SSSR count). The fraction of sp³-hybridized carbons (Fsp3) is 0.462. The van der Waals surface area contributed by atoms with E-state index in [0.717, 1.165) is 18.7 Å². The number of benzene rings is 1. The normalized spacial score (nSPS) is 17.6. The van der Waals surface area contributed by atoms with Gasteiger partial charge in [0.15, 0.2) is 0 Å². The molecule has 0 radical (unpaired) electrons. The molecular formula is C13H17ClN2O2. The van der Waals surface area contributed by atoms with E-state index in [2.05, 4.69) is 5.32 Å². The molecule has 1 heterocycles. The van der Waals surface area contributed by atoms with E-state index in [1.54, 1.807) is 17.0 Å². The molecular weight excluding hydrogens is 252 g/mol. The fourth-order valence-electron chi connectivity index (χ4n) is 2.07. The second-order valence-corrected chi connectivity index (χ2v) is 4.86. The van der Waals surface area contributed by atoms with Crippen molar-refractivity contribution in [2.75, 3.05) is 26.2 Å². The Hall–Kier alpha value is -1.10. The van der Waals surface area contributed by atoms with Crippen LogP contribution < -0.4 is 5.32 Å². The summed E-state index contributed by atoms with van der Waals surface area (Å²) in [6.07, 6.45) is -0.676. The molecule has 0 aliphatic carbocycles. The van der Waals surface area contributed by atoms with E-state index in [4.69, 9.17) is 11.6 Å². The first-order valence-electron chi connectivity index (χ1n) is 6.09. The average molecular weight is 269 g/mol. The molecule has 0 aromatic heterocycles. The third-order valence-corrected chi connectivity index (χ3v) is 3.27. The number of carbonyl (C=O) groups is 1. The number of aliphatic hydroxyl groups excluding tert-OH is 1. The lowest BCUT2D eigenvalue weighted by Crippen LogP contribution is -2.50. The van der Waals surface area contributed by atoms with Crippen LogP contribution in [0.3, 0.4) is 0 Å². The third kappa shape index (κ3) is 3.45. The van der Waals surface area contributed by atoms with Gasteiger partial charge in [-0.25, -0.2) is 0 Å². The predicted molar refractivity (Wildman–Crippen MR) is 70.6 cm³/mol. The monoisotopic (exact) mass is 268 g/mol. The van der Waals surface area contributed by atoms with Gasteiger partial charge in [-0.05, 0) is 17.7 Å². The average Bonchev–Trinajstić information content (AvgIpc) is 2.39.